The zero-order valence-corrected chi connectivity index (χ0v) is 12.1. The summed E-state index contributed by atoms with van der Waals surface area (Å²) in [7, 11) is 0. The van der Waals surface area contributed by atoms with Crippen molar-refractivity contribution in [3.8, 4) is 0 Å². The molecular weight excluding hydrogens is 268 g/mol. The van der Waals surface area contributed by atoms with E-state index in [1.54, 1.807) is 24.3 Å². The van der Waals surface area contributed by atoms with Crippen LogP contribution >= 0.6 is 0 Å². The van der Waals surface area contributed by atoms with Crippen molar-refractivity contribution in [2.75, 3.05) is 13.1 Å². The Kier molecular flexibility index (Phi) is 5.75. The van der Waals surface area contributed by atoms with Crippen molar-refractivity contribution >= 4 is 11.9 Å². The summed E-state index contributed by atoms with van der Waals surface area (Å²) in [6.45, 7) is 2.34. The molecule has 1 aliphatic heterocycles. The average molecular weight is 290 g/mol. The minimum Gasteiger partial charge on any atom is -0.478 e. The van der Waals surface area contributed by atoms with Crippen LogP contribution in [0.3, 0.4) is 0 Å². The van der Waals surface area contributed by atoms with Gasteiger partial charge in [-0.15, -0.1) is 0 Å². The number of carbonyl (C=O) groups excluding carboxylic acids is 1. The fourth-order valence-corrected chi connectivity index (χ4v) is 2.67. The number of amides is 1. The highest BCUT2D eigenvalue weighted by Gasteiger charge is 2.15. The third kappa shape index (κ3) is 4.86. The molecule has 114 valence electrons. The second kappa shape index (κ2) is 7.78. The number of carboxylic acids is 1. The molecule has 1 heterocycles. The largest absolute Gasteiger partial charge is 0.478 e. The lowest BCUT2D eigenvalue weighted by Crippen LogP contribution is -2.31. The van der Waals surface area contributed by atoms with Gasteiger partial charge in [0.15, 0.2) is 0 Å². The van der Waals surface area contributed by atoms with Crippen molar-refractivity contribution in [1.82, 2.24) is 10.6 Å². The van der Waals surface area contributed by atoms with E-state index in [1.807, 2.05) is 0 Å². The summed E-state index contributed by atoms with van der Waals surface area (Å²) in [5.74, 6) is -0.398. The summed E-state index contributed by atoms with van der Waals surface area (Å²) in [6, 6.07) is 6.75. The highest BCUT2D eigenvalue weighted by atomic mass is 16.4. The van der Waals surface area contributed by atoms with E-state index in [2.05, 4.69) is 10.6 Å². The summed E-state index contributed by atoms with van der Waals surface area (Å²) in [6.07, 6.45) is 3.75. The van der Waals surface area contributed by atoms with E-state index >= 15 is 0 Å². The van der Waals surface area contributed by atoms with E-state index in [1.165, 1.54) is 12.8 Å². The van der Waals surface area contributed by atoms with Crippen LogP contribution in [0.25, 0.3) is 0 Å². The highest BCUT2D eigenvalue weighted by molar-refractivity contribution is 5.89. The molecule has 1 aliphatic rings. The molecule has 0 aromatic heterocycles. The number of aromatic carboxylic acids is 1. The van der Waals surface area contributed by atoms with Gasteiger partial charge in [-0.1, -0.05) is 18.2 Å². The predicted octanol–water partition coefficient (Wildman–Crippen LogP) is 1.78. The Morgan fingerprint density at radius 2 is 2.14 bits per heavy atom. The molecule has 1 aromatic carbocycles. The normalized spacial score (nSPS) is 18.2. The van der Waals surface area contributed by atoms with Crippen molar-refractivity contribution in [3.05, 3.63) is 35.4 Å². The third-order valence-corrected chi connectivity index (χ3v) is 3.90. The van der Waals surface area contributed by atoms with Crippen LogP contribution < -0.4 is 10.6 Å². The van der Waals surface area contributed by atoms with E-state index in [4.69, 9.17) is 5.11 Å². The maximum atomic E-state index is 11.9. The maximum Gasteiger partial charge on any atom is 0.336 e. The van der Waals surface area contributed by atoms with Crippen LogP contribution in [-0.4, -0.2) is 30.1 Å². The Labute approximate surface area is 124 Å². The minimum atomic E-state index is -0.965. The van der Waals surface area contributed by atoms with E-state index in [-0.39, 0.29) is 18.0 Å². The summed E-state index contributed by atoms with van der Waals surface area (Å²) in [5, 5.41) is 15.2. The van der Waals surface area contributed by atoms with Gasteiger partial charge in [-0.2, -0.15) is 0 Å². The SMILES string of the molecule is O=C(CCC1CCCNC1)NCc1ccccc1C(=O)O. The molecule has 1 saturated heterocycles. The molecule has 1 amide bonds. The number of carboxylic acid groups (broad SMARTS) is 1. The van der Waals surface area contributed by atoms with E-state index in [0.717, 1.165) is 19.5 Å². The van der Waals surface area contributed by atoms with Gasteiger partial charge in [-0.05, 0) is 49.9 Å². The summed E-state index contributed by atoms with van der Waals surface area (Å²) < 4.78 is 0. The first kappa shape index (κ1) is 15.5. The Bertz CT molecular complexity index is 496. The molecule has 5 heteroatoms. The summed E-state index contributed by atoms with van der Waals surface area (Å²) >= 11 is 0. The van der Waals surface area contributed by atoms with Gasteiger partial charge in [0.05, 0.1) is 5.56 Å². The Morgan fingerprint density at radius 1 is 1.33 bits per heavy atom. The standard InChI is InChI=1S/C16H22N2O3/c19-15(8-7-12-4-3-9-17-10-12)18-11-13-5-1-2-6-14(13)16(20)21/h1-2,5-6,12,17H,3-4,7-11H2,(H,18,19)(H,20,21). The second-order valence-corrected chi connectivity index (χ2v) is 5.49. The van der Waals surface area contributed by atoms with Crippen molar-refractivity contribution in [3.63, 3.8) is 0 Å². The summed E-state index contributed by atoms with van der Waals surface area (Å²) in [4.78, 5) is 22.9. The molecule has 3 N–H and O–H groups in total. The van der Waals surface area contributed by atoms with Gasteiger partial charge >= 0.3 is 5.97 Å². The van der Waals surface area contributed by atoms with Gasteiger partial charge in [-0.3, -0.25) is 4.79 Å². The van der Waals surface area contributed by atoms with Gasteiger partial charge in [0.2, 0.25) is 5.91 Å². The molecule has 0 saturated carbocycles. The lowest BCUT2D eigenvalue weighted by Gasteiger charge is -2.22. The van der Waals surface area contributed by atoms with Crippen LogP contribution in [0.1, 0.15) is 41.6 Å². The Hall–Kier alpha value is -1.88. The van der Waals surface area contributed by atoms with Gasteiger partial charge in [0.1, 0.15) is 0 Å². The molecule has 0 aliphatic carbocycles. The van der Waals surface area contributed by atoms with Crippen LogP contribution in [0.2, 0.25) is 0 Å². The topological polar surface area (TPSA) is 78.4 Å². The average Bonchev–Trinajstić information content (AvgIpc) is 2.52. The maximum absolute atomic E-state index is 11.9. The number of carbonyl (C=O) groups is 2. The third-order valence-electron chi connectivity index (χ3n) is 3.90. The Morgan fingerprint density at radius 3 is 2.86 bits per heavy atom. The molecule has 1 fully saturated rings. The first-order valence-electron chi connectivity index (χ1n) is 7.45. The Balaban J connectivity index is 1.77. The molecule has 1 unspecified atom stereocenters. The molecule has 0 bridgehead atoms. The van der Waals surface area contributed by atoms with E-state index in [0.29, 0.717) is 17.9 Å². The molecule has 0 spiro atoms. The zero-order valence-electron chi connectivity index (χ0n) is 12.1. The molecule has 1 aromatic rings. The zero-order chi connectivity index (χ0) is 15.1. The van der Waals surface area contributed by atoms with Gasteiger partial charge in [0.25, 0.3) is 0 Å². The molecule has 21 heavy (non-hydrogen) atoms. The van der Waals surface area contributed by atoms with Crippen molar-refractivity contribution in [2.45, 2.75) is 32.2 Å². The number of hydrogen-bond donors (Lipinski definition) is 3. The van der Waals surface area contributed by atoms with Crippen molar-refractivity contribution < 1.29 is 14.7 Å². The lowest BCUT2D eigenvalue weighted by atomic mass is 9.94. The highest BCUT2D eigenvalue weighted by Crippen LogP contribution is 2.15. The van der Waals surface area contributed by atoms with Crippen LogP contribution in [0, 0.1) is 5.92 Å². The van der Waals surface area contributed by atoms with Crippen LogP contribution in [0.4, 0.5) is 0 Å². The van der Waals surface area contributed by atoms with E-state index in [9.17, 15) is 9.59 Å². The number of hydrogen-bond acceptors (Lipinski definition) is 3. The number of benzene rings is 1. The number of rotatable bonds is 6. The monoisotopic (exact) mass is 290 g/mol. The van der Waals surface area contributed by atoms with Crippen LogP contribution in [0.5, 0.6) is 0 Å². The fourth-order valence-electron chi connectivity index (χ4n) is 2.67. The van der Waals surface area contributed by atoms with Gasteiger partial charge in [-0.25, -0.2) is 4.79 Å². The van der Waals surface area contributed by atoms with Crippen LogP contribution in [-0.2, 0) is 11.3 Å². The van der Waals surface area contributed by atoms with E-state index < -0.39 is 5.97 Å². The molecule has 1 atom stereocenters. The quantitative estimate of drug-likeness (QED) is 0.746. The first-order chi connectivity index (χ1) is 10.2. The first-order valence-corrected chi connectivity index (χ1v) is 7.45. The molecule has 5 nitrogen and oxygen atoms in total. The lowest BCUT2D eigenvalue weighted by molar-refractivity contribution is -0.121. The van der Waals surface area contributed by atoms with Crippen molar-refractivity contribution in [1.29, 1.82) is 0 Å². The smallest absolute Gasteiger partial charge is 0.336 e. The van der Waals surface area contributed by atoms with Gasteiger partial charge < -0.3 is 15.7 Å². The molecule has 2 rings (SSSR count). The number of nitrogens with one attached hydrogen (secondary N) is 2. The summed E-state index contributed by atoms with van der Waals surface area (Å²) in [5.41, 5.74) is 0.881. The van der Waals surface area contributed by atoms with Crippen molar-refractivity contribution in [2.24, 2.45) is 5.92 Å². The van der Waals surface area contributed by atoms with Gasteiger partial charge in [0, 0.05) is 13.0 Å². The second-order valence-electron chi connectivity index (χ2n) is 5.49. The minimum absolute atomic E-state index is 0.0132. The molecule has 0 radical (unpaired) electrons. The van der Waals surface area contributed by atoms with Crippen LogP contribution in [0.15, 0.2) is 24.3 Å². The molecular formula is C16H22N2O3. The predicted molar refractivity (Wildman–Crippen MR) is 80.1 cm³/mol. The number of piperidine rings is 1. The fraction of sp³-hybridized carbons (Fsp3) is 0.500.